The standard InChI is InChI=1S/C23H25F3N2O4/c1-21(2,31)22(12-16-10-6-7-11-17(16)13-22)28-19(29)18(23(24,25)26)27-20(30)32-14-15-8-4-3-5-9-15/h3-11,18,31H,12-14H2,1-2H3,(H,27,30)(H,28,29). The molecule has 0 radical (unpaired) electrons. The summed E-state index contributed by atoms with van der Waals surface area (Å²) in [6, 6.07) is 12.7. The van der Waals surface area contributed by atoms with E-state index in [1.54, 1.807) is 59.9 Å². The largest absolute Gasteiger partial charge is 0.445 e. The Bertz CT molecular complexity index is 946. The number of alkyl halides is 3. The van der Waals surface area contributed by atoms with Crippen molar-refractivity contribution in [2.75, 3.05) is 0 Å². The lowest BCUT2D eigenvalue weighted by atomic mass is 9.79. The van der Waals surface area contributed by atoms with E-state index in [1.807, 2.05) is 0 Å². The fourth-order valence-electron chi connectivity index (χ4n) is 3.78. The molecule has 0 spiro atoms. The van der Waals surface area contributed by atoms with E-state index in [4.69, 9.17) is 4.74 Å². The normalized spacial score (nSPS) is 16.1. The molecule has 9 heteroatoms. The van der Waals surface area contributed by atoms with Crippen molar-refractivity contribution < 1.29 is 32.6 Å². The predicted octanol–water partition coefficient (Wildman–Crippen LogP) is 3.27. The maximum Gasteiger partial charge on any atom is 0.417 e. The molecule has 0 bridgehead atoms. The number of alkyl carbamates (subject to hydrolysis) is 1. The lowest BCUT2D eigenvalue weighted by Crippen LogP contribution is -2.67. The van der Waals surface area contributed by atoms with Gasteiger partial charge in [0.2, 0.25) is 6.04 Å². The maximum atomic E-state index is 13.7. The zero-order valence-electron chi connectivity index (χ0n) is 17.7. The van der Waals surface area contributed by atoms with Crippen LogP contribution in [0.25, 0.3) is 0 Å². The van der Waals surface area contributed by atoms with E-state index in [0.717, 1.165) is 11.1 Å². The maximum absolute atomic E-state index is 13.7. The van der Waals surface area contributed by atoms with Crippen molar-refractivity contribution in [2.45, 2.75) is 56.7 Å². The summed E-state index contributed by atoms with van der Waals surface area (Å²) in [4.78, 5) is 24.8. The first-order valence-corrected chi connectivity index (χ1v) is 10.1. The van der Waals surface area contributed by atoms with E-state index >= 15 is 0 Å². The zero-order valence-corrected chi connectivity index (χ0v) is 17.7. The Morgan fingerprint density at radius 3 is 2.06 bits per heavy atom. The van der Waals surface area contributed by atoms with Crippen LogP contribution in [0, 0.1) is 0 Å². The van der Waals surface area contributed by atoms with Crippen molar-refractivity contribution in [3.05, 3.63) is 71.3 Å². The molecule has 3 N–H and O–H groups in total. The highest BCUT2D eigenvalue weighted by molar-refractivity contribution is 5.87. The molecule has 0 saturated heterocycles. The molecule has 2 amide bonds. The molecular formula is C23H25F3N2O4. The van der Waals surface area contributed by atoms with Crippen LogP contribution in [0.5, 0.6) is 0 Å². The van der Waals surface area contributed by atoms with E-state index in [9.17, 15) is 27.9 Å². The number of ether oxygens (including phenoxy) is 1. The van der Waals surface area contributed by atoms with Gasteiger partial charge in [-0.1, -0.05) is 54.6 Å². The molecule has 1 aliphatic carbocycles. The number of hydrogen-bond acceptors (Lipinski definition) is 4. The fraction of sp³-hybridized carbons (Fsp3) is 0.391. The Morgan fingerprint density at radius 2 is 1.56 bits per heavy atom. The molecule has 3 rings (SSSR count). The lowest BCUT2D eigenvalue weighted by Gasteiger charge is -2.42. The van der Waals surface area contributed by atoms with Gasteiger partial charge in [0.05, 0.1) is 11.1 Å². The number of fused-ring (bicyclic) bond motifs is 1. The second-order valence-corrected chi connectivity index (χ2v) is 8.43. The first kappa shape index (κ1) is 23.6. The highest BCUT2D eigenvalue weighted by Crippen LogP contribution is 2.38. The third-order valence-electron chi connectivity index (χ3n) is 5.70. The van der Waals surface area contributed by atoms with Gasteiger partial charge in [0.15, 0.2) is 0 Å². The first-order valence-electron chi connectivity index (χ1n) is 10.1. The number of amides is 2. The number of carbonyl (C=O) groups is 2. The molecule has 1 aliphatic rings. The third-order valence-corrected chi connectivity index (χ3v) is 5.70. The molecule has 0 aromatic heterocycles. The average Bonchev–Trinajstić information content (AvgIpc) is 3.09. The molecule has 2 aromatic carbocycles. The van der Waals surface area contributed by atoms with Gasteiger partial charge < -0.3 is 20.5 Å². The predicted molar refractivity (Wildman–Crippen MR) is 111 cm³/mol. The summed E-state index contributed by atoms with van der Waals surface area (Å²) in [7, 11) is 0. The summed E-state index contributed by atoms with van der Waals surface area (Å²) >= 11 is 0. The number of aliphatic hydroxyl groups is 1. The summed E-state index contributed by atoms with van der Waals surface area (Å²) < 4.78 is 45.8. The van der Waals surface area contributed by atoms with Crippen molar-refractivity contribution >= 4 is 12.0 Å². The first-order chi connectivity index (χ1) is 14.9. The quantitative estimate of drug-likeness (QED) is 0.631. The van der Waals surface area contributed by atoms with Gasteiger partial charge in [0, 0.05) is 0 Å². The minimum Gasteiger partial charge on any atom is -0.445 e. The van der Waals surface area contributed by atoms with E-state index in [2.05, 4.69) is 5.32 Å². The number of rotatable bonds is 6. The molecule has 172 valence electrons. The summed E-state index contributed by atoms with van der Waals surface area (Å²) in [5, 5.41) is 14.8. The summed E-state index contributed by atoms with van der Waals surface area (Å²) in [5.41, 5.74) is -0.666. The number of halogens is 3. The van der Waals surface area contributed by atoms with Crippen molar-refractivity contribution in [1.29, 1.82) is 0 Å². The average molecular weight is 450 g/mol. The minimum absolute atomic E-state index is 0.154. The van der Waals surface area contributed by atoms with Gasteiger partial charge in [0.25, 0.3) is 5.91 Å². The molecule has 0 saturated carbocycles. The van der Waals surface area contributed by atoms with Crippen LogP contribution in [0.15, 0.2) is 54.6 Å². The summed E-state index contributed by atoms with van der Waals surface area (Å²) in [6.07, 6.45) is -6.14. The number of hydrogen-bond donors (Lipinski definition) is 3. The van der Waals surface area contributed by atoms with Crippen LogP contribution in [0.3, 0.4) is 0 Å². The van der Waals surface area contributed by atoms with Crippen molar-refractivity contribution in [1.82, 2.24) is 10.6 Å². The van der Waals surface area contributed by atoms with Gasteiger partial charge in [-0.05, 0) is 43.4 Å². The lowest BCUT2D eigenvalue weighted by molar-refractivity contribution is -0.170. The van der Waals surface area contributed by atoms with Crippen molar-refractivity contribution in [3.63, 3.8) is 0 Å². The van der Waals surface area contributed by atoms with Gasteiger partial charge in [-0.25, -0.2) is 4.79 Å². The number of carbonyl (C=O) groups excluding carboxylic acids is 2. The van der Waals surface area contributed by atoms with Gasteiger partial charge >= 0.3 is 12.3 Å². The summed E-state index contributed by atoms with van der Waals surface area (Å²) in [6.45, 7) is 2.62. The Balaban J connectivity index is 1.74. The van der Waals surface area contributed by atoms with E-state index < -0.39 is 35.4 Å². The molecule has 2 aromatic rings. The van der Waals surface area contributed by atoms with E-state index in [0.29, 0.717) is 5.56 Å². The molecule has 0 fully saturated rings. The SMILES string of the molecule is CC(C)(O)C1(NC(=O)C(NC(=O)OCc2ccccc2)C(F)(F)F)Cc2ccccc2C1. The Hall–Kier alpha value is -3.07. The van der Waals surface area contributed by atoms with E-state index in [-0.39, 0.29) is 19.4 Å². The van der Waals surface area contributed by atoms with Gasteiger partial charge in [-0.2, -0.15) is 13.2 Å². The second kappa shape index (κ2) is 8.82. The van der Waals surface area contributed by atoms with Crippen LogP contribution in [0.4, 0.5) is 18.0 Å². The minimum atomic E-state index is -5.07. The van der Waals surface area contributed by atoms with Crippen LogP contribution in [0.1, 0.15) is 30.5 Å². The number of nitrogens with one attached hydrogen (secondary N) is 2. The molecule has 0 heterocycles. The molecule has 32 heavy (non-hydrogen) atoms. The van der Waals surface area contributed by atoms with Crippen LogP contribution < -0.4 is 10.6 Å². The second-order valence-electron chi connectivity index (χ2n) is 8.43. The van der Waals surface area contributed by atoms with Gasteiger partial charge in [-0.15, -0.1) is 0 Å². The van der Waals surface area contributed by atoms with E-state index in [1.165, 1.54) is 13.8 Å². The van der Waals surface area contributed by atoms with Crippen LogP contribution in [-0.4, -0.2) is 40.5 Å². The number of benzene rings is 2. The van der Waals surface area contributed by atoms with Crippen LogP contribution in [0.2, 0.25) is 0 Å². The zero-order chi connectivity index (χ0) is 23.6. The smallest absolute Gasteiger partial charge is 0.417 e. The van der Waals surface area contributed by atoms with Crippen molar-refractivity contribution in [3.8, 4) is 0 Å². The molecule has 1 unspecified atom stereocenters. The Morgan fingerprint density at radius 1 is 1.03 bits per heavy atom. The molecular weight excluding hydrogens is 425 g/mol. The molecule has 1 atom stereocenters. The van der Waals surface area contributed by atoms with Crippen LogP contribution >= 0.6 is 0 Å². The van der Waals surface area contributed by atoms with Gasteiger partial charge in [-0.3, -0.25) is 4.79 Å². The third kappa shape index (κ3) is 5.21. The highest BCUT2D eigenvalue weighted by atomic mass is 19.4. The monoisotopic (exact) mass is 450 g/mol. The Labute approximate surface area is 183 Å². The molecule has 0 aliphatic heterocycles. The topological polar surface area (TPSA) is 87.7 Å². The summed E-state index contributed by atoms with van der Waals surface area (Å²) in [5.74, 6) is -1.47. The molecule has 6 nitrogen and oxygen atoms in total. The van der Waals surface area contributed by atoms with Crippen LogP contribution in [-0.2, 0) is 29.0 Å². The highest BCUT2D eigenvalue weighted by Gasteiger charge is 2.53. The Kier molecular flexibility index (Phi) is 6.50. The van der Waals surface area contributed by atoms with Gasteiger partial charge in [0.1, 0.15) is 6.61 Å². The van der Waals surface area contributed by atoms with Crippen molar-refractivity contribution in [2.24, 2.45) is 0 Å². The fourth-order valence-corrected chi connectivity index (χ4v) is 3.78.